The fraction of sp³-hybridized carbons (Fsp3) is 0.571. The van der Waals surface area contributed by atoms with Gasteiger partial charge in [0, 0.05) is 31.5 Å². The van der Waals surface area contributed by atoms with E-state index >= 15 is 0 Å². The molecule has 0 aliphatic carbocycles. The Balaban J connectivity index is 2.14. The first kappa shape index (κ1) is 12.9. The van der Waals surface area contributed by atoms with E-state index in [9.17, 15) is 9.59 Å². The highest BCUT2D eigenvalue weighted by Crippen LogP contribution is 2.33. The SMILES string of the molecule is CC(C)(C)C1CCN(C(=O)c2c[nH]ccc2=O)C1. The van der Waals surface area contributed by atoms with E-state index in [2.05, 4.69) is 25.8 Å². The van der Waals surface area contributed by atoms with Gasteiger partial charge in [0.2, 0.25) is 0 Å². The molecule has 2 rings (SSSR count). The van der Waals surface area contributed by atoms with Crippen molar-refractivity contribution >= 4 is 5.91 Å². The highest BCUT2D eigenvalue weighted by atomic mass is 16.2. The molecule has 1 N–H and O–H groups in total. The maximum atomic E-state index is 12.2. The molecule has 2 heterocycles. The molecule has 4 heteroatoms. The van der Waals surface area contributed by atoms with Gasteiger partial charge in [0.15, 0.2) is 5.43 Å². The lowest BCUT2D eigenvalue weighted by molar-refractivity contribution is 0.0775. The summed E-state index contributed by atoms with van der Waals surface area (Å²) in [6.45, 7) is 8.08. The number of pyridine rings is 1. The molecule has 0 bridgehead atoms. The van der Waals surface area contributed by atoms with Crippen molar-refractivity contribution in [3.63, 3.8) is 0 Å². The monoisotopic (exact) mass is 248 g/mol. The van der Waals surface area contributed by atoms with Gasteiger partial charge in [0.05, 0.1) is 0 Å². The molecule has 0 saturated carbocycles. The van der Waals surface area contributed by atoms with Gasteiger partial charge >= 0.3 is 0 Å². The Kier molecular flexibility index (Phi) is 3.28. The van der Waals surface area contributed by atoms with Crippen molar-refractivity contribution in [3.05, 3.63) is 34.2 Å². The Bertz CT molecular complexity index is 499. The Hall–Kier alpha value is -1.58. The lowest BCUT2D eigenvalue weighted by Crippen LogP contribution is -2.33. The molecular weight excluding hydrogens is 228 g/mol. The first-order valence-corrected chi connectivity index (χ1v) is 6.36. The predicted molar refractivity (Wildman–Crippen MR) is 70.5 cm³/mol. The summed E-state index contributed by atoms with van der Waals surface area (Å²) >= 11 is 0. The summed E-state index contributed by atoms with van der Waals surface area (Å²) in [6, 6.07) is 1.39. The number of H-pyrrole nitrogens is 1. The summed E-state index contributed by atoms with van der Waals surface area (Å²) in [6.07, 6.45) is 4.05. The Morgan fingerprint density at radius 1 is 1.44 bits per heavy atom. The van der Waals surface area contributed by atoms with Crippen LogP contribution in [0.2, 0.25) is 0 Å². The van der Waals surface area contributed by atoms with Crippen LogP contribution in [0.3, 0.4) is 0 Å². The number of rotatable bonds is 1. The van der Waals surface area contributed by atoms with Crippen LogP contribution in [-0.4, -0.2) is 28.9 Å². The molecule has 1 atom stereocenters. The molecule has 0 spiro atoms. The number of hydrogen-bond acceptors (Lipinski definition) is 2. The standard InChI is InChI=1S/C14H20N2O2/c1-14(2,3)10-5-7-16(9-10)13(18)11-8-15-6-4-12(11)17/h4,6,8,10H,5,7,9H2,1-3H3,(H,15,17). The normalized spacial score (nSPS) is 20.2. The van der Waals surface area contributed by atoms with Crippen molar-refractivity contribution in [2.45, 2.75) is 27.2 Å². The number of hydrogen-bond donors (Lipinski definition) is 1. The highest BCUT2D eigenvalue weighted by Gasteiger charge is 2.34. The molecule has 1 unspecified atom stereocenters. The van der Waals surface area contributed by atoms with E-state index in [0.29, 0.717) is 5.92 Å². The van der Waals surface area contributed by atoms with Crippen LogP contribution in [0.5, 0.6) is 0 Å². The van der Waals surface area contributed by atoms with Crippen molar-refractivity contribution in [2.75, 3.05) is 13.1 Å². The summed E-state index contributed by atoms with van der Waals surface area (Å²) in [5, 5.41) is 0. The van der Waals surface area contributed by atoms with Crippen LogP contribution in [0.25, 0.3) is 0 Å². The van der Waals surface area contributed by atoms with Crippen LogP contribution in [0.1, 0.15) is 37.6 Å². The summed E-state index contributed by atoms with van der Waals surface area (Å²) in [7, 11) is 0. The number of carbonyl (C=O) groups is 1. The first-order chi connectivity index (χ1) is 8.39. The van der Waals surface area contributed by atoms with Crippen LogP contribution >= 0.6 is 0 Å². The molecule has 1 saturated heterocycles. The average molecular weight is 248 g/mol. The number of nitrogens with zero attached hydrogens (tertiary/aromatic N) is 1. The van der Waals surface area contributed by atoms with E-state index in [1.54, 1.807) is 11.1 Å². The third kappa shape index (κ3) is 2.47. The minimum Gasteiger partial charge on any atom is -0.367 e. The molecule has 1 aromatic heterocycles. The van der Waals surface area contributed by atoms with Gasteiger partial charge in [-0.15, -0.1) is 0 Å². The molecule has 98 valence electrons. The number of likely N-dealkylation sites (tertiary alicyclic amines) is 1. The Morgan fingerprint density at radius 3 is 2.72 bits per heavy atom. The molecule has 0 aromatic carbocycles. The van der Waals surface area contributed by atoms with E-state index in [0.717, 1.165) is 19.5 Å². The van der Waals surface area contributed by atoms with E-state index < -0.39 is 0 Å². The van der Waals surface area contributed by atoms with E-state index in [1.807, 2.05) is 0 Å². The lowest BCUT2D eigenvalue weighted by Gasteiger charge is -2.26. The fourth-order valence-corrected chi connectivity index (χ4v) is 2.41. The highest BCUT2D eigenvalue weighted by molar-refractivity contribution is 5.93. The van der Waals surface area contributed by atoms with Gasteiger partial charge < -0.3 is 9.88 Å². The second-order valence-electron chi connectivity index (χ2n) is 6.03. The van der Waals surface area contributed by atoms with E-state index in [-0.39, 0.29) is 22.3 Å². The van der Waals surface area contributed by atoms with Gasteiger partial charge in [-0.05, 0) is 17.8 Å². The van der Waals surface area contributed by atoms with Crippen molar-refractivity contribution in [1.29, 1.82) is 0 Å². The quantitative estimate of drug-likeness (QED) is 0.825. The zero-order valence-corrected chi connectivity index (χ0v) is 11.2. The van der Waals surface area contributed by atoms with Gasteiger partial charge in [-0.1, -0.05) is 20.8 Å². The molecule has 4 nitrogen and oxygen atoms in total. The topological polar surface area (TPSA) is 53.2 Å². The van der Waals surface area contributed by atoms with Crippen LogP contribution < -0.4 is 5.43 Å². The van der Waals surface area contributed by atoms with Crippen LogP contribution in [0.4, 0.5) is 0 Å². The summed E-state index contributed by atoms with van der Waals surface area (Å²) < 4.78 is 0. The second kappa shape index (κ2) is 4.59. The average Bonchev–Trinajstić information content (AvgIpc) is 2.77. The molecule has 18 heavy (non-hydrogen) atoms. The molecule has 0 radical (unpaired) electrons. The third-order valence-corrected chi connectivity index (χ3v) is 3.75. The summed E-state index contributed by atoms with van der Waals surface area (Å²) in [5.41, 5.74) is 0.239. The van der Waals surface area contributed by atoms with Gasteiger partial charge in [-0.25, -0.2) is 0 Å². The second-order valence-corrected chi connectivity index (χ2v) is 6.03. The number of carbonyl (C=O) groups excluding carboxylic acids is 1. The number of nitrogens with one attached hydrogen (secondary N) is 1. The maximum Gasteiger partial charge on any atom is 0.259 e. The first-order valence-electron chi connectivity index (χ1n) is 6.36. The Morgan fingerprint density at radius 2 is 2.17 bits per heavy atom. The van der Waals surface area contributed by atoms with Crippen molar-refractivity contribution < 1.29 is 4.79 Å². The molecule has 1 aromatic rings. The molecular formula is C14H20N2O2. The predicted octanol–water partition coefficient (Wildman–Crippen LogP) is 1.88. The van der Waals surface area contributed by atoms with Crippen molar-refractivity contribution in [3.8, 4) is 0 Å². The van der Waals surface area contributed by atoms with Crippen LogP contribution in [0.15, 0.2) is 23.3 Å². The van der Waals surface area contributed by atoms with Gasteiger partial charge in [0.25, 0.3) is 5.91 Å². The van der Waals surface area contributed by atoms with E-state index in [1.165, 1.54) is 12.3 Å². The maximum absolute atomic E-state index is 12.2. The van der Waals surface area contributed by atoms with Crippen molar-refractivity contribution in [1.82, 2.24) is 9.88 Å². The number of amides is 1. The number of aromatic nitrogens is 1. The smallest absolute Gasteiger partial charge is 0.259 e. The third-order valence-electron chi connectivity index (χ3n) is 3.75. The van der Waals surface area contributed by atoms with Gasteiger partial charge in [-0.3, -0.25) is 9.59 Å². The molecule has 1 amide bonds. The number of aromatic amines is 1. The molecule has 1 aliphatic heterocycles. The minimum atomic E-state index is -0.210. The zero-order chi connectivity index (χ0) is 13.3. The van der Waals surface area contributed by atoms with Crippen LogP contribution in [0, 0.1) is 11.3 Å². The zero-order valence-electron chi connectivity index (χ0n) is 11.2. The lowest BCUT2D eigenvalue weighted by atomic mass is 9.80. The van der Waals surface area contributed by atoms with Gasteiger partial charge in [-0.2, -0.15) is 0 Å². The van der Waals surface area contributed by atoms with Crippen LogP contribution in [-0.2, 0) is 0 Å². The Labute approximate surface area is 107 Å². The van der Waals surface area contributed by atoms with Crippen molar-refractivity contribution in [2.24, 2.45) is 11.3 Å². The largest absolute Gasteiger partial charge is 0.367 e. The van der Waals surface area contributed by atoms with Gasteiger partial charge in [0.1, 0.15) is 5.56 Å². The minimum absolute atomic E-state index is 0.149. The molecule has 1 fully saturated rings. The molecule has 1 aliphatic rings. The fourth-order valence-electron chi connectivity index (χ4n) is 2.41. The van der Waals surface area contributed by atoms with E-state index in [4.69, 9.17) is 0 Å². The summed E-state index contributed by atoms with van der Waals surface area (Å²) in [4.78, 5) is 28.5. The summed E-state index contributed by atoms with van der Waals surface area (Å²) in [5.74, 6) is 0.354.